The van der Waals surface area contributed by atoms with Crippen LogP contribution in [0.15, 0.2) is 24.5 Å². The normalized spacial score (nSPS) is 16.3. The van der Waals surface area contributed by atoms with Crippen molar-refractivity contribution < 1.29 is 4.74 Å². The summed E-state index contributed by atoms with van der Waals surface area (Å²) in [4.78, 5) is 17.3. The van der Waals surface area contributed by atoms with Crippen LogP contribution < -0.4 is 9.64 Å². The van der Waals surface area contributed by atoms with Crippen molar-refractivity contribution >= 4 is 27.8 Å². The van der Waals surface area contributed by atoms with Crippen LogP contribution in [0.1, 0.15) is 6.92 Å². The topological polar surface area (TPSA) is 57.3 Å². The molecule has 1 aliphatic heterocycles. The molecule has 3 aromatic rings. The minimum absolute atomic E-state index is 0.843. The first-order valence-electron chi connectivity index (χ1n) is 8.08. The summed E-state index contributed by atoms with van der Waals surface area (Å²) >= 11 is 0. The Morgan fingerprint density at radius 3 is 2.74 bits per heavy atom. The molecule has 0 saturated carbocycles. The highest BCUT2D eigenvalue weighted by atomic mass is 16.5. The number of H-pyrrole nitrogens is 1. The molecule has 0 aliphatic carbocycles. The van der Waals surface area contributed by atoms with Gasteiger partial charge in [0.1, 0.15) is 23.1 Å². The Bertz CT molecular complexity index is 835. The van der Waals surface area contributed by atoms with Crippen molar-refractivity contribution in [1.29, 1.82) is 0 Å². The number of hydrogen-bond donors (Lipinski definition) is 1. The average molecular weight is 311 g/mol. The number of ether oxygens (including phenoxy) is 1. The van der Waals surface area contributed by atoms with Crippen LogP contribution in [0.5, 0.6) is 5.75 Å². The molecule has 0 unspecified atom stereocenters. The van der Waals surface area contributed by atoms with Gasteiger partial charge in [0.25, 0.3) is 0 Å². The highest BCUT2D eigenvalue weighted by Gasteiger charge is 2.20. The zero-order valence-corrected chi connectivity index (χ0v) is 13.5. The predicted molar refractivity (Wildman–Crippen MR) is 92.3 cm³/mol. The van der Waals surface area contributed by atoms with Gasteiger partial charge in [-0.3, -0.25) is 0 Å². The standard InChI is InChI=1S/C17H21N5O/c1-3-21-6-8-22(9-7-21)17-16-15(18-11-19-17)13-5-4-12(23-2)10-14(13)20-16/h4-5,10-11,20H,3,6-9H2,1-2H3. The number of methoxy groups -OCH3 is 1. The third kappa shape index (κ3) is 2.39. The number of hydrogen-bond acceptors (Lipinski definition) is 5. The van der Waals surface area contributed by atoms with Gasteiger partial charge >= 0.3 is 0 Å². The Labute approximate surface area is 135 Å². The molecule has 1 N–H and O–H groups in total. The predicted octanol–water partition coefficient (Wildman–Crippen LogP) is 2.26. The van der Waals surface area contributed by atoms with Crippen molar-refractivity contribution in [3.63, 3.8) is 0 Å². The van der Waals surface area contributed by atoms with E-state index in [4.69, 9.17) is 4.74 Å². The SMILES string of the molecule is CCN1CCN(c2ncnc3c2[nH]c2cc(OC)ccc23)CC1. The van der Waals surface area contributed by atoms with Crippen LogP contribution in [0.3, 0.4) is 0 Å². The molecule has 3 heterocycles. The summed E-state index contributed by atoms with van der Waals surface area (Å²) in [7, 11) is 1.68. The minimum Gasteiger partial charge on any atom is -0.497 e. The van der Waals surface area contributed by atoms with Crippen LogP contribution in [0.2, 0.25) is 0 Å². The Kier molecular flexibility index (Phi) is 3.53. The maximum absolute atomic E-state index is 5.32. The summed E-state index contributed by atoms with van der Waals surface area (Å²) in [5.74, 6) is 1.84. The van der Waals surface area contributed by atoms with E-state index in [-0.39, 0.29) is 0 Å². The van der Waals surface area contributed by atoms with Crippen molar-refractivity contribution in [2.75, 3.05) is 44.7 Å². The van der Waals surface area contributed by atoms with Gasteiger partial charge in [0.2, 0.25) is 0 Å². The molecule has 4 rings (SSSR count). The lowest BCUT2D eigenvalue weighted by atomic mass is 10.2. The molecular formula is C17H21N5O. The minimum atomic E-state index is 0.843. The average Bonchev–Trinajstić information content (AvgIpc) is 2.99. The molecule has 120 valence electrons. The molecule has 0 amide bonds. The Morgan fingerprint density at radius 2 is 2.00 bits per heavy atom. The summed E-state index contributed by atoms with van der Waals surface area (Å²) in [6.45, 7) is 7.48. The van der Waals surface area contributed by atoms with Crippen molar-refractivity contribution in [3.05, 3.63) is 24.5 Å². The number of fused-ring (bicyclic) bond motifs is 3. The molecule has 0 atom stereocenters. The molecule has 6 heteroatoms. The number of aromatic amines is 1. The van der Waals surface area contributed by atoms with Crippen molar-refractivity contribution in [3.8, 4) is 5.75 Å². The lowest BCUT2D eigenvalue weighted by Crippen LogP contribution is -2.46. The van der Waals surface area contributed by atoms with Gasteiger partial charge in [0.15, 0.2) is 5.82 Å². The van der Waals surface area contributed by atoms with Crippen LogP contribution >= 0.6 is 0 Å². The molecule has 0 radical (unpaired) electrons. The second-order valence-corrected chi connectivity index (χ2v) is 5.88. The lowest BCUT2D eigenvalue weighted by Gasteiger charge is -2.34. The highest BCUT2D eigenvalue weighted by Crippen LogP contribution is 2.31. The van der Waals surface area contributed by atoms with Gasteiger partial charge in [-0.05, 0) is 18.7 Å². The molecule has 0 bridgehead atoms. The fourth-order valence-electron chi connectivity index (χ4n) is 3.31. The van der Waals surface area contributed by atoms with Crippen LogP contribution in [0.4, 0.5) is 5.82 Å². The number of rotatable bonds is 3. The smallest absolute Gasteiger partial charge is 0.156 e. The van der Waals surface area contributed by atoms with E-state index < -0.39 is 0 Å². The Hall–Kier alpha value is -2.34. The number of anilines is 1. The van der Waals surface area contributed by atoms with E-state index >= 15 is 0 Å². The maximum atomic E-state index is 5.32. The van der Waals surface area contributed by atoms with Crippen molar-refractivity contribution in [1.82, 2.24) is 19.9 Å². The number of nitrogens with zero attached hydrogens (tertiary/aromatic N) is 4. The molecule has 0 spiro atoms. The second-order valence-electron chi connectivity index (χ2n) is 5.88. The number of benzene rings is 1. The third-order valence-corrected chi connectivity index (χ3v) is 4.69. The molecule has 1 aliphatic rings. The van der Waals surface area contributed by atoms with E-state index in [1.807, 2.05) is 12.1 Å². The van der Waals surface area contributed by atoms with Gasteiger partial charge in [-0.25, -0.2) is 9.97 Å². The fraction of sp³-hybridized carbons (Fsp3) is 0.412. The Balaban J connectivity index is 1.78. The van der Waals surface area contributed by atoms with E-state index in [9.17, 15) is 0 Å². The number of likely N-dealkylation sites (N-methyl/N-ethyl adjacent to an activating group) is 1. The summed E-state index contributed by atoms with van der Waals surface area (Å²) in [5, 5.41) is 1.11. The van der Waals surface area contributed by atoms with E-state index in [0.29, 0.717) is 0 Å². The summed E-state index contributed by atoms with van der Waals surface area (Å²) in [6, 6.07) is 6.03. The van der Waals surface area contributed by atoms with Gasteiger partial charge in [-0.2, -0.15) is 0 Å². The molecule has 23 heavy (non-hydrogen) atoms. The molecular weight excluding hydrogens is 290 g/mol. The van der Waals surface area contributed by atoms with Crippen LogP contribution in [0, 0.1) is 0 Å². The summed E-state index contributed by atoms with van der Waals surface area (Å²) < 4.78 is 5.32. The highest BCUT2D eigenvalue weighted by molar-refractivity contribution is 6.08. The third-order valence-electron chi connectivity index (χ3n) is 4.69. The molecule has 1 fully saturated rings. The largest absolute Gasteiger partial charge is 0.497 e. The number of aromatic nitrogens is 3. The van der Waals surface area contributed by atoms with Crippen LogP contribution in [-0.2, 0) is 0 Å². The van der Waals surface area contributed by atoms with E-state index in [0.717, 1.165) is 66.2 Å². The van der Waals surface area contributed by atoms with Crippen molar-refractivity contribution in [2.24, 2.45) is 0 Å². The van der Waals surface area contributed by atoms with Crippen LogP contribution in [-0.4, -0.2) is 59.7 Å². The second kappa shape index (κ2) is 5.70. The van der Waals surface area contributed by atoms with E-state index in [2.05, 4.69) is 37.7 Å². The summed E-state index contributed by atoms with van der Waals surface area (Å²) in [6.07, 6.45) is 1.67. The van der Waals surface area contributed by atoms with E-state index in [1.54, 1.807) is 13.4 Å². The monoisotopic (exact) mass is 311 g/mol. The number of piperazine rings is 1. The quantitative estimate of drug-likeness (QED) is 0.804. The van der Waals surface area contributed by atoms with Gasteiger partial charge < -0.3 is 19.5 Å². The van der Waals surface area contributed by atoms with E-state index in [1.165, 1.54) is 0 Å². The Morgan fingerprint density at radius 1 is 1.17 bits per heavy atom. The molecule has 1 aromatic carbocycles. The molecule has 2 aromatic heterocycles. The zero-order chi connectivity index (χ0) is 15.8. The molecule has 6 nitrogen and oxygen atoms in total. The lowest BCUT2D eigenvalue weighted by molar-refractivity contribution is 0.270. The first kappa shape index (κ1) is 14.3. The van der Waals surface area contributed by atoms with Gasteiger partial charge in [0.05, 0.1) is 12.6 Å². The van der Waals surface area contributed by atoms with Gasteiger partial charge in [0, 0.05) is 37.6 Å². The van der Waals surface area contributed by atoms with Gasteiger partial charge in [-0.15, -0.1) is 0 Å². The fourth-order valence-corrected chi connectivity index (χ4v) is 3.31. The molecule has 1 saturated heterocycles. The van der Waals surface area contributed by atoms with Gasteiger partial charge in [-0.1, -0.05) is 6.92 Å². The number of nitrogens with one attached hydrogen (secondary N) is 1. The maximum Gasteiger partial charge on any atom is 0.156 e. The first-order valence-corrected chi connectivity index (χ1v) is 8.08. The van der Waals surface area contributed by atoms with Crippen LogP contribution in [0.25, 0.3) is 21.9 Å². The van der Waals surface area contributed by atoms with Crippen molar-refractivity contribution in [2.45, 2.75) is 6.92 Å². The summed E-state index contributed by atoms with van der Waals surface area (Å²) in [5.41, 5.74) is 3.03. The first-order chi connectivity index (χ1) is 11.3. The zero-order valence-electron chi connectivity index (χ0n) is 13.5.